The summed E-state index contributed by atoms with van der Waals surface area (Å²) in [6, 6.07) is 14.7. The zero-order chi connectivity index (χ0) is 24.8. The average molecular weight is 615 g/mol. The van der Waals surface area contributed by atoms with E-state index in [1.54, 1.807) is 16.7 Å². The van der Waals surface area contributed by atoms with Crippen LogP contribution in [-0.4, -0.2) is 0 Å². The Balaban J connectivity index is 0.00000160. The van der Waals surface area contributed by atoms with Crippen molar-refractivity contribution < 1.29 is 51.0 Å². The molecule has 0 spiro atoms. The van der Waals surface area contributed by atoms with Crippen LogP contribution in [0.4, 0.5) is 0 Å². The molecule has 2 aromatic carbocycles. The number of allylic oxidation sites excluding steroid dienone is 4. The Hall–Kier alpha value is -0.617. The first-order valence-corrected chi connectivity index (χ1v) is 13.4. The Bertz CT molecular complexity index is 1170. The molecule has 1 saturated carbocycles. The molecule has 0 heterocycles. The molecule has 0 amide bonds. The molecule has 3 aliphatic carbocycles. The zero-order valence-corrected chi connectivity index (χ0v) is 28.4. The van der Waals surface area contributed by atoms with Crippen molar-refractivity contribution in [1.82, 2.24) is 0 Å². The molecule has 0 nitrogen and oxygen atoms in total. The van der Waals surface area contributed by atoms with E-state index < -0.39 is 0 Å². The van der Waals surface area contributed by atoms with E-state index in [-0.39, 0.29) is 72.7 Å². The summed E-state index contributed by atoms with van der Waals surface area (Å²) in [5.74, 6) is 0.947. The first kappa shape index (κ1) is 32.6. The minimum Gasteiger partial charge on any atom is -1.00 e. The van der Waals surface area contributed by atoms with Gasteiger partial charge in [0.25, 0.3) is 0 Å². The summed E-state index contributed by atoms with van der Waals surface area (Å²) in [5, 5.41) is 0. The summed E-state index contributed by atoms with van der Waals surface area (Å²) in [6.07, 6.45) is 7.53. The monoisotopic (exact) mass is 612 g/mol. The summed E-state index contributed by atoms with van der Waals surface area (Å²) in [6.45, 7) is 23.9. The summed E-state index contributed by atoms with van der Waals surface area (Å²) >= 11 is 0. The van der Waals surface area contributed by atoms with E-state index in [4.69, 9.17) is 0 Å². The molecule has 3 heteroatoms. The fourth-order valence-electron chi connectivity index (χ4n) is 7.37. The molecule has 198 valence electrons. The van der Waals surface area contributed by atoms with Crippen LogP contribution in [0.2, 0.25) is 0 Å². The van der Waals surface area contributed by atoms with Gasteiger partial charge in [-0.25, -0.2) is 0 Å². The van der Waals surface area contributed by atoms with Crippen molar-refractivity contribution in [1.29, 1.82) is 0 Å². The van der Waals surface area contributed by atoms with E-state index in [0.717, 1.165) is 6.42 Å². The number of hydrogen-bond acceptors (Lipinski definition) is 0. The van der Waals surface area contributed by atoms with E-state index in [1.807, 2.05) is 0 Å². The molecule has 2 aromatic rings. The topological polar surface area (TPSA) is 0 Å². The molecule has 5 rings (SSSR count). The van der Waals surface area contributed by atoms with Crippen LogP contribution in [0.15, 0.2) is 59.7 Å². The van der Waals surface area contributed by atoms with Crippen LogP contribution in [0.1, 0.15) is 110 Å². The van der Waals surface area contributed by atoms with Crippen LogP contribution < -0.4 is 24.8 Å². The first-order valence-electron chi connectivity index (χ1n) is 13.4. The number of halogens is 2. The van der Waals surface area contributed by atoms with Crippen LogP contribution in [0.25, 0.3) is 11.1 Å². The van der Waals surface area contributed by atoms with E-state index >= 15 is 0 Å². The third-order valence-electron chi connectivity index (χ3n) is 9.19. The van der Waals surface area contributed by atoms with Gasteiger partial charge in [0.1, 0.15) is 0 Å². The van der Waals surface area contributed by atoms with Gasteiger partial charge in [-0.1, -0.05) is 129 Å². The molecular formula is C34H44Cl2Zr. The quantitative estimate of drug-likeness (QED) is 0.484. The van der Waals surface area contributed by atoms with Crippen molar-refractivity contribution in [3.05, 3.63) is 82.0 Å². The molecule has 37 heavy (non-hydrogen) atoms. The van der Waals surface area contributed by atoms with Gasteiger partial charge in [0, 0.05) is 11.8 Å². The number of fused-ring (bicyclic) bond motifs is 4. The minimum absolute atomic E-state index is 0. The summed E-state index contributed by atoms with van der Waals surface area (Å²) in [5.41, 5.74) is 12.8. The Labute approximate surface area is 258 Å². The third-order valence-corrected chi connectivity index (χ3v) is 9.19. The largest absolute Gasteiger partial charge is 2.00 e. The number of hydrogen-bond donors (Lipinski definition) is 0. The van der Waals surface area contributed by atoms with Crippen LogP contribution in [-0.2, 0) is 37.0 Å². The predicted molar refractivity (Wildman–Crippen MR) is 148 cm³/mol. The van der Waals surface area contributed by atoms with Gasteiger partial charge in [0.2, 0.25) is 0 Å². The minimum atomic E-state index is 0. The Morgan fingerprint density at radius 1 is 0.784 bits per heavy atom. The molecule has 0 radical (unpaired) electrons. The average Bonchev–Trinajstić information content (AvgIpc) is 3.36. The molecule has 2 atom stereocenters. The molecule has 0 saturated heterocycles. The van der Waals surface area contributed by atoms with Crippen LogP contribution in [0.3, 0.4) is 0 Å². The normalized spacial score (nSPS) is 23.6. The van der Waals surface area contributed by atoms with Crippen molar-refractivity contribution in [2.45, 2.75) is 98.8 Å². The molecule has 0 aliphatic heterocycles. The standard InChI is InChI=1S/C34H44.2ClH.Zr/c1-11-21-16-28-29(17-21)34(10,20-33(28,8)9)30-26-18-22(31(2,3)4)12-14-24(26)25-15-13-23(19-27(25)30)32(5,6)7;;;/h12-19,29-30H,11,20H2,1-10H3;2*1H;/q;;;+2/p-2. The van der Waals surface area contributed by atoms with Crippen molar-refractivity contribution in [2.24, 2.45) is 16.7 Å². The fourth-order valence-corrected chi connectivity index (χ4v) is 7.37. The molecular weight excluding hydrogens is 571 g/mol. The summed E-state index contributed by atoms with van der Waals surface area (Å²) in [4.78, 5) is 0. The van der Waals surface area contributed by atoms with Gasteiger partial charge < -0.3 is 24.8 Å². The molecule has 0 bridgehead atoms. The van der Waals surface area contributed by atoms with Gasteiger partial charge in [-0.3, -0.25) is 0 Å². The second-order valence-electron chi connectivity index (χ2n) is 14.3. The van der Waals surface area contributed by atoms with Crippen LogP contribution >= 0.6 is 0 Å². The SMILES string of the molecule is CCC1=CC2C(=C1)C(C)(C)CC2(C)C1c2cc(C(C)(C)C)ccc2-c2ccc(C(C)(C)C)cc21.[Cl-].[Cl-].[Zr+2]. The zero-order valence-electron chi connectivity index (χ0n) is 24.4. The van der Waals surface area contributed by atoms with Crippen molar-refractivity contribution in [3.63, 3.8) is 0 Å². The molecule has 3 aliphatic rings. The Morgan fingerprint density at radius 2 is 1.24 bits per heavy atom. The summed E-state index contributed by atoms with van der Waals surface area (Å²) < 4.78 is 0. The van der Waals surface area contributed by atoms with Gasteiger partial charge >= 0.3 is 26.2 Å². The van der Waals surface area contributed by atoms with Gasteiger partial charge in [-0.2, -0.15) is 0 Å². The van der Waals surface area contributed by atoms with Crippen LogP contribution in [0.5, 0.6) is 0 Å². The van der Waals surface area contributed by atoms with Gasteiger partial charge in [-0.05, 0) is 67.9 Å². The van der Waals surface area contributed by atoms with Gasteiger partial charge in [0.05, 0.1) is 0 Å². The Kier molecular flexibility index (Phi) is 9.17. The van der Waals surface area contributed by atoms with E-state index in [0.29, 0.717) is 11.8 Å². The maximum Gasteiger partial charge on any atom is 2.00 e. The maximum atomic E-state index is 2.63. The number of benzene rings is 2. The molecule has 2 unspecified atom stereocenters. The van der Waals surface area contributed by atoms with Gasteiger partial charge in [0.15, 0.2) is 0 Å². The molecule has 1 fully saturated rings. The smallest absolute Gasteiger partial charge is 1.00 e. The van der Waals surface area contributed by atoms with E-state index in [1.165, 1.54) is 34.2 Å². The van der Waals surface area contributed by atoms with Crippen molar-refractivity contribution in [2.75, 3.05) is 0 Å². The van der Waals surface area contributed by atoms with Crippen molar-refractivity contribution in [3.8, 4) is 11.1 Å². The van der Waals surface area contributed by atoms with Gasteiger partial charge in [-0.15, -0.1) is 0 Å². The summed E-state index contributed by atoms with van der Waals surface area (Å²) in [7, 11) is 0. The second kappa shape index (κ2) is 10.4. The van der Waals surface area contributed by atoms with Crippen LogP contribution in [0, 0.1) is 16.7 Å². The fraction of sp³-hybridized carbons (Fsp3) is 0.529. The van der Waals surface area contributed by atoms with E-state index in [2.05, 4.69) is 118 Å². The number of rotatable bonds is 2. The molecule has 0 N–H and O–H groups in total. The van der Waals surface area contributed by atoms with E-state index in [9.17, 15) is 0 Å². The van der Waals surface area contributed by atoms with Crippen molar-refractivity contribution >= 4 is 0 Å². The predicted octanol–water partition coefficient (Wildman–Crippen LogP) is 3.73. The third kappa shape index (κ3) is 5.16. The second-order valence-corrected chi connectivity index (χ2v) is 14.3. The first-order chi connectivity index (χ1) is 15.7. The Morgan fingerprint density at radius 3 is 1.65 bits per heavy atom. The molecule has 0 aromatic heterocycles. The maximum absolute atomic E-state index is 2.63.